The number of rotatable bonds is 7. The molecule has 3 aliphatic rings. The highest BCUT2D eigenvalue weighted by Crippen LogP contribution is 2.64. The predicted octanol–water partition coefficient (Wildman–Crippen LogP) is 6.74. The lowest BCUT2D eigenvalue weighted by Gasteiger charge is -2.53. The molecule has 3 fully saturated rings. The van der Waals surface area contributed by atoms with Crippen molar-refractivity contribution in [3.63, 3.8) is 0 Å². The van der Waals surface area contributed by atoms with Gasteiger partial charge in [-0.15, -0.1) is 0 Å². The van der Waals surface area contributed by atoms with Crippen molar-refractivity contribution in [1.29, 1.82) is 0 Å². The van der Waals surface area contributed by atoms with Crippen molar-refractivity contribution in [3.8, 4) is 0 Å². The third kappa shape index (κ3) is 4.17. The van der Waals surface area contributed by atoms with Gasteiger partial charge < -0.3 is 5.11 Å². The van der Waals surface area contributed by atoms with E-state index < -0.39 is 11.4 Å². The van der Waals surface area contributed by atoms with Crippen LogP contribution in [0.3, 0.4) is 0 Å². The van der Waals surface area contributed by atoms with Gasteiger partial charge in [0.1, 0.15) is 5.78 Å². The fourth-order valence-electron chi connectivity index (χ4n) is 7.82. The molecule has 0 saturated heterocycles. The first-order valence-electron chi connectivity index (χ1n) is 12.4. The van der Waals surface area contributed by atoms with Gasteiger partial charge in [-0.1, -0.05) is 60.3 Å². The smallest absolute Gasteiger partial charge is 0.307 e. The molecule has 0 aromatic carbocycles. The van der Waals surface area contributed by atoms with E-state index in [0.29, 0.717) is 24.0 Å². The zero-order valence-corrected chi connectivity index (χ0v) is 19.5. The van der Waals surface area contributed by atoms with E-state index in [2.05, 4.69) is 34.6 Å². The third-order valence-corrected chi connectivity index (χ3v) is 9.56. The summed E-state index contributed by atoms with van der Waals surface area (Å²) < 4.78 is 0. The fourth-order valence-corrected chi connectivity index (χ4v) is 7.82. The van der Waals surface area contributed by atoms with Crippen LogP contribution in [-0.4, -0.2) is 16.9 Å². The van der Waals surface area contributed by atoms with Gasteiger partial charge in [0.2, 0.25) is 0 Å². The summed E-state index contributed by atoms with van der Waals surface area (Å²) in [5.41, 5.74) is -0.283. The number of carboxylic acids is 1. The molecule has 3 heteroatoms. The Bertz CT molecular complexity index is 611. The first-order valence-corrected chi connectivity index (χ1v) is 12.4. The Hall–Kier alpha value is -0.860. The van der Waals surface area contributed by atoms with E-state index in [9.17, 15) is 14.7 Å². The highest BCUT2D eigenvalue weighted by molar-refractivity contribution is 5.86. The average Bonchev–Trinajstić information content (AvgIpc) is 2.99. The average molecular weight is 405 g/mol. The number of carboxylic acid groups (broad SMARTS) is 1. The molecule has 7 atom stereocenters. The second kappa shape index (κ2) is 8.71. The van der Waals surface area contributed by atoms with Crippen LogP contribution in [0.5, 0.6) is 0 Å². The molecule has 0 aromatic rings. The van der Waals surface area contributed by atoms with Gasteiger partial charge in [0.15, 0.2) is 0 Å². The molecule has 0 amide bonds. The van der Waals surface area contributed by atoms with Crippen LogP contribution in [0.25, 0.3) is 0 Å². The SMILES string of the molecule is CC(C)CCC[C@H](C)[C@@H]1CC[C@@H]2[C@@H](C(=O)O)[C@@H]([C@@]3(C)CCCCC3=O)CC[C@@]21C. The van der Waals surface area contributed by atoms with Crippen molar-refractivity contribution in [1.82, 2.24) is 0 Å². The summed E-state index contributed by atoms with van der Waals surface area (Å²) >= 11 is 0. The van der Waals surface area contributed by atoms with Crippen LogP contribution in [0, 0.1) is 46.3 Å². The van der Waals surface area contributed by atoms with Crippen molar-refractivity contribution in [2.75, 3.05) is 0 Å². The highest BCUT2D eigenvalue weighted by atomic mass is 16.4. The summed E-state index contributed by atoms with van der Waals surface area (Å²) in [7, 11) is 0. The summed E-state index contributed by atoms with van der Waals surface area (Å²) in [4.78, 5) is 25.5. The normalized spacial score (nSPS) is 41.4. The number of ketones is 1. The lowest BCUT2D eigenvalue weighted by molar-refractivity contribution is -0.161. The van der Waals surface area contributed by atoms with Crippen molar-refractivity contribution in [2.24, 2.45) is 46.3 Å². The monoisotopic (exact) mass is 404 g/mol. The van der Waals surface area contributed by atoms with Crippen LogP contribution in [0.15, 0.2) is 0 Å². The van der Waals surface area contributed by atoms with Gasteiger partial charge >= 0.3 is 5.97 Å². The summed E-state index contributed by atoms with van der Waals surface area (Å²) in [5, 5.41) is 10.3. The van der Waals surface area contributed by atoms with E-state index in [1.54, 1.807) is 0 Å². The number of fused-ring (bicyclic) bond motifs is 1. The molecule has 0 aliphatic heterocycles. The van der Waals surface area contributed by atoms with Crippen LogP contribution in [0.4, 0.5) is 0 Å². The molecule has 166 valence electrons. The van der Waals surface area contributed by atoms with Gasteiger partial charge in [-0.3, -0.25) is 9.59 Å². The van der Waals surface area contributed by atoms with E-state index in [1.165, 1.54) is 25.7 Å². The maximum absolute atomic E-state index is 12.9. The van der Waals surface area contributed by atoms with E-state index in [0.717, 1.165) is 44.4 Å². The molecule has 1 N–H and O–H groups in total. The molecule has 0 heterocycles. The molecule has 0 unspecified atom stereocenters. The van der Waals surface area contributed by atoms with Gasteiger partial charge in [-0.05, 0) is 73.5 Å². The van der Waals surface area contributed by atoms with Crippen molar-refractivity contribution >= 4 is 11.8 Å². The Balaban J connectivity index is 1.79. The molecule has 3 saturated carbocycles. The maximum Gasteiger partial charge on any atom is 0.307 e. The zero-order valence-electron chi connectivity index (χ0n) is 19.5. The summed E-state index contributed by atoms with van der Waals surface area (Å²) in [6, 6.07) is 0. The third-order valence-electron chi connectivity index (χ3n) is 9.56. The Labute approximate surface area is 178 Å². The predicted molar refractivity (Wildman–Crippen MR) is 118 cm³/mol. The van der Waals surface area contributed by atoms with Gasteiger partial charge in [0, 0.05) is 11.8 Å². The number of Topliss-reactive ketones (excluding diaryl/α,β-unsaturated/α-hetero) is 1. The number of carbonyl (C=O) groups excluding carboxylic acids is 1. The van der Waals surface area contributed by atoms with E-state index in [1.807, 2.05) is 0 Å². The Kier molecular flexibility index (Phi) is 6.85. The second-order valence-corrected chi connectivity index (χ2v) is 11.7. The highest BCUT2D eigenvalue weighted by Gasteiger charge is 2.60. The lowest BCUT2D eigenvalue weighted by Crippen LogP contribution is -2.52. The zero-order chi connectivity index (χ0) is 21.4. The fraction of sp³-hybridized carbons (Fsp3) is 0.923. The number of carbonyl (C=O) groups is 2. The molecule has 3 aliphatic carbocycles. The Morgan fingerprint density at radius 3 is 2.38 bits per heavy atom. The van der Waals surface area contributed by atoms with Crippen molar-refractivity contribution in [2.45, 2.75) is 105 Å². The van der Waals surface area contributed by atoms with E-state index in [4.69, 9.17) is 0 Å². The van der Waals surface area contributed by atoms with Gasteiger partial charge in [-0.2, -0.15) is 0 Å². The molecule has 3 rings (SSSR count). The minimum absolute atomic E-state index is 0.0286. The molecule has 3 nitrogen and oxygen atoms in total. The molecule has 0 spiro atoms. The quantitative estimate of drug-likeness (QED) is 0.511. The summed E-state index contributed by atoms with van der Waals surface area (Å²) in [5.74, 6) is 1.69. The Morgan fingerprint density at radius 1 is 1.03 bits per heavy atom. The molecular formula is C26H44O3. The summed E-state index contributed by atoms with van der Waals surface area (Å²) in [6.07, 6.45) is 11.7. The van der Waals surface area contributed by atoms with Crippen LogP contribution in [-0.2, 0) is 9.59 Å². The first kappa shape index (κ1) is 22.8. The molecule has 0 bridgehead atoms. The largest absolute Gasteiger partial charge is 0.481 e. The second-order valence-electron chi connectivity index (χ2n) is 11.7. The number of hydrogen-bond donors (Lipinski definition) is 1. The topological polar surface area (TPSA) is 54.4 Å². The van der Waals surface area contributed by atoms with Gasteiger partial charge in [-0.25, -0.2) is 0 Å². The van der Waals surface area contributed by atoms with Crippen LogP contribution in [0.2, 0.25) is 0 Å². The van der Waals surface area contributed by atoms with Crippen molar-refractivity contribution < 1.29 is 14.7 Å². The Morgan fingerprint density at radius 2 is 1.76 bits per heavy atom. The van der Waals surface area contributed by atoms with Crippen LogP contribution < -0.4 is 0 Å². The summed E-state index contributed by atoms with van der Waals surface area (Å²) in [6.45, 7) is 11.5. The number of aliphatic carboxylic acids is 1. The standard InChI is InChI=1S/C26H44O3/c1-17(2)9-8-10-18(3)19-12-13-20-23(24(28)29)21(14-16-25(19,20)4)26(5)15-7-6-11-22(26)27/h17-21,23H,6-16H2,1-5H3,(H,28,29)/t18-,19-,20+,21-,23+,25+,26+/m0/s1. The molecule has 0 aromatic heterocycles. The first-order chi connectivity index (χ1) is 13.6. The molecular weight excluding hydrogens is 360 g/mol. The molecule has 29 heavy (non-hydrogen) atoms. The van der Waals surface area contributed by atoms with E-state index in [-0.39, 0.29) is 23.2 Å². The number of hydrogen-bond acceptors (Lipinski definition) is 2. The minimum atomic E-state index is -0.640. The van der Waals surface area contributed by atoms with Gasteiger partial charge in [0.25, 0.3) is 0 Å². The van der Waals surface area contributed by atoms with Crippen molar-refractivity contribution in [3.05, 3.63) is 0 Å². The maximum atomic E-state index is 12.9. The molecule has 0 radical (unpaired) electrons. The van der Waals surface area contributed by atoms with Crippen LogP contribution >= 0.6 is 0 Å². The van der Waals surface area contributed by atoms with Crippen LogP contribution in [0.1, 0.15) is 105 Å². The minimum Gasteiger partial charge on any atom is -0.481 e. The van der Waals surface area contributed by atoms with Gasteiger partial charge in [0.05, 0.1) is 5.92 Å². The van der Waals surface area contributed by atoms with E-state index >= 15 is 0 Å². The lowest BCUT2D eigenvalue weighted by atomic mass is 9.50.